The van der Waals surface area contributed by atoms with Gasteiger partial charge < -0.3 is 4.90 Å². The van der Waals surface area contributed by atoms with Gasteiger partial charge in [-0.15, -0.1) is 0 Å². The minimum atomic E-state index is -0.324. The van der Waals surface area contributed by atoms with Gasteiger partial charge >= 0.3 is 0 Å². The van der Waals surface area contributed by atoms with Crippen LogP contribution in [-0.4, -0.2) is 17.1 Å². The predicted octanol–water partition coefficient (Wildman–Crippen LogP) is 5.32. The molecule has 0 aliphatic rings. The van der Waals surface area contributed by atoms with Crippen LogP contribution >= 0.6 is 34.9 Å². The van der Waals surface area contributed by atoms with Crippen LogP contribution in [-0.2, 0) is 6.54 Å². The van der Waals surface area contributed by atoms with Crippen LogP contribution in [0.4, 0.5) is 10.8 Å². The zero-order valence-electron chi connectivity index (χ0n) is 15.3. The summed E-state index contributed by atoms with van der Waals surface area (Å²) in [6, 6.07) is 17.6. The molecule has 3 rings (SSSR count). The number of benzene rings is 2. The van der Waals surface area contributed by atoms with E-state index in [1.807, 2.05) is 24.0 Å². The molecule has 3 aromatic rings. The Bertz CT molecular complexity index is 1010. The Balaban J connectivity index is 2.00. The van der Waals surface area contributed by atoms with Crippen LogP contribution in [0.3, 0.4) is 0 Å². The van der Waals surface area contributed by atoms with Gasteiger partial charge in [-0.2, -0.15) is 5.26 Å². The molecule has 0 saturated heterocycles. The molecule has 1 aromatic heterocycles. The van der Waals surface area contributed by atoms with E-state index in [0.29, 0.717) is 21.6 Å². The third kappa shape index (κ3) is 4.65. The van der Waals surface area contributed by atoms with Crippen LogP contribution < -0.4 is 9.62 Å². The molecule has 0 aliphatic carbocycles. The molecule has 0 radical (unpaired) electrons. The first-order chi connectivity index (χ1) is 13.5. The third-order valence-corrected chi connectivity index (χ3v) is 5.65. The van der Waals surface area contributed by atoms with Gasteiger partial charge in [-0.1, -0.05) is 64.7 Å². The molecule has 1 N–H and O–H groups in total. The first-order valence-corrected chi connectivity index (χ1v) is 10.8. The number of nitrogens with zero attached hydrogens (tertiary/aromatic N) is 3. The quantitative estimate of drug-likeness (QED) is 0.538. The van der Waals surface area contributed by atoms with Crippen molar-refractivity contribution >= 4 is 51.6 Å². The molecule has 0 bridgehead atoms. The van der Waals surface area contributed by atoms with Gasteiger partial charge in [0.1, 0.15) is 4.34 Å². The highest BCUT2D eigenvalue weighted by molar-refractivity contribution is 7.97. The van der Waals surface area contributed by atoms with Gasteiger partial charge in [0.25, 0.3) is 5.91 Å². The number of halogens is 1. The van der Waals surface area contributed by atoms with Gasteiger partial charge in [0.15, 0.2) is 10.8 Å². The van der Waals surface area contributed by atoms with Crippen LogP contribution in [0.15, 0.2) is 48.5 Å². The van der Waals surface area contributed by atoms with Gasteiger partial charge in [0, 0.05) is 11.9 Å². The molecule has 0 fully saturated rings. The minimum Gasteiger partial charge on any atom is -0.313 e. The Morgan fingerprint density at radius 3 is 2.54 bits per heavy atom. The van der Waals surface area contributed by atoms with Gasteiger partial charge in [-0.05, 0) is 36.8 Å². The lowest BCUT2D eigenvalue weighted by molar-refractivity contribution is 0.0980. The van der Waals surface area contributed by atoms with Crippen molar-refractivity contribution in [1.29, 1.82) is 5.26 Å². The molecule has 0 saturated carbocycles. The second kappa shape index (κ2) is 9.11. The number of rotatable bonds is 6. The number of nitrogens with one attached hydrogen (secondary N) is 1. The summed E-state index contributed by atoms with van der Waals surface area (Å²) in [6.45, 7) is 2.60. The maximum atomic E-state index is 12.2. The number of thiazole rings is 1. The molecule has 0 spiro atoms. The summed E-state index contributed by atoms with van der Waals surface area (Å²) in [4.78, 5) is 18.7. The number of carbonyl (C=O) groups excluding carboxylic acids is 1. The normalized spacial score (nSPS) is 10.4. The Morgan fingerprint density at radius 1 is 1.25 bits per heavy atom. The molecular weight excluding hydrogens is 412 g/mol. The van der Waals surface area contributed by atoms with E-state index in [1.54, 1.807) is 18.4 Å². The Hall–Kier alpha value is -2.53. The molecule has 1 heterocycles. The smallest absolute Gasteiger partial charge is 0.282 e. The lowest BCUT2D eigenvalue weighted by atomic mass is 10.1. The van der Waals surface area contributed by atoms with Crippen molar-refractivity contribution in [2.75, 3.05) is 11.2 Å². The third-order valence-electron chi connectivity index (χ3n) is 3.98. The molecule has 0 aliphatic heterocycles. The fourth-order valence-electron chi connectivity index (χ4n) is 2.55. The van der Waals surface area contributed by atoms with Crippen LogP contribution in [0.5, 0.6) is 0 Å². The summed E-state index contributed by atoms with van der Waals surface area (Å²) < 4.78 is 2.99. The molecule has 5 nitrogen and oxygen atoms in total. The number of anilines is 2. The highest BCUT2D eigenvalue weighted by atomic mass is 35.5. The van der Waals surface area contributed by atoms with Gasteiger partial charge in [0.2, 0.25) is 0 Å². The molecular formula is C20H17ClN4OS2. The van der Waals surface area contributed by atoms with E-state index in [1.165, 1.54) is 28.8 Å². The van der Waals surface area contributed by atoms with Crippen LogP contribution in [0, 0.1) is 18.3 Å². The topological polar surface area (TPSA) is 69.0 Å². The average molecular weight is 429 g/mol. The van der Waals surface area contributed by atoms with E-state index in [-0.39, 0.29) is 11.6 Å². The zero-order chi connectivity index (χ0) is 20.1. The molecule has 142 valence electrons. The van der Waals surface area contributed by atoms with Gasteiger partial charge in [0.05, 0.1) is 18.2 Å². The summed E-state index contributed by atoms with van der Waals surface area (Å²) in [5.74, 6) is -0.324. The second-order valence-electron chi connectivity index (χ2n) is 5.98. The molecule has 0 atom stereocenters. The van der Waals surface area contributed by atoms with Crippen LogP contribution in [0.2, 0.25) is 4.34 Å². The predicted molar refractivity (Wildman–Crippen MR) is 116 cm³/mol. The van der Waals surface area contributed by atoms with E-state index in [2.05, 4.69) is 40.0 Å². The zero-order valence-corrected chi connectivity index (χ0v) is 17.7. The monoisotopic (exact) mass is 428 g/mol. The largest absolute Gasteiger partial charge is 0.313 e. The van der Waals surface area contributed by atoms with Crippen molar-refractivity contribution in [1.82, 2.24) is 9.71 Å². The fraction of sp³-hybridized carbons (Fsp3) is 0.150. The van der Waals surface area contributed by atoms with Crippen molar-refractivity contribution in [2.45, 2.75) is 13.5 Å². The first-order valence-electron chi connectivity index (χ1n) is 8.34. The maximum Gasteiger partial charge on any atom is 0.282 e. The number of nitriles is 1. The summed E-state index contributed by atoms with van der Waals surface area (Å²) in [5, 5.41) is 9.67. The Morgan fingerprint density at radius 2 is 1.93 bits per heavy atom. The number of amides is 1. The minimum absolute atomic E-state index is 0.207. The summed E-state index contributed by atoms with van der Waals surface area (Å²) in [6.07, 6.45) is 1.76. The standard InChI is InChI=1S/C20H17ClN4OS2/c1-13-3-5-15(6-4-13)12-25(16-9-7-14(11-22)8-10-16)20-23-17(18(21)28-20)19(26)24-27-2/h3-10H,12H2,1-2H3,(H,24,26). The maximum absolute atomic E-state index is 12.2. The second-order valence-corrected chi connectivity index (χ2v) is 8.18. The van der Waals surface area contributed by atoms with Crippen molar-refractivity contribution in [2.24, 2.45) is 0 Å². The van der Waals surface area contributed by atoms with Crippen LogP contribution in [0.1, 0.15) is 27.2 Å². The number of aryl methyl sites for hydroxylation is 1. The molecule has 8 heteroatoms. The molecule has 2 aromatic carbocycles. The number of hydrogen-bond donors (Lipinski definition) is 1. The summed E-state index contributed by atoms with van der Waals surface area (Å²) in [7, 11) is 0. The van der Waals surface area contributed by atoms with E-state index in [9.17, 15) is 4.79 Å². The first kappa shape index (κ1) is 20.2. The lowest BCUT2D eigenvalue weighted by Crippen LogP contribution is -2.18. The Kier molecular flexibility index (Phi) is 6.57. The van der Waals surface area contributed by atoms with Gasteiger partial charge in [-0.25, -0.2) is 4.98 Å². The fourth-order valence-corrected chi connectivity index (χ4v) is 3.98. The van der Waals surface area contributed by atoms with E-state index >= 15 is 0 Å². The summed E-state index contributed by atoms with van der Waals surface area (Å²) >= 11 is 8.74. The van der Waals surface area contributed by atoms with E-state index < -0.39 is 0 Å². The van der Waals surface area contributed by atoms with Crippen molar-refractivity contribution in [3.05, 3.63) is 75.3 Å². The SMILES string of the molecule is CSNC(=O)c1nc(N(Cc2ccc(C)cc2)c2ccc(C#N)cc2)sc1Cl. The highest BCUT2D eigenvalue weighted by Crippen LogP contribution is 2.36. The molecule has 1 amide bonds. The number of carbonyl (C=O) groups is 1. The lowest BCUT2D eigenvalue weighted by Gasteiger charge is -2.22. The van der Waals surface area contributed by atoms with E-state index in [4.69, 9.17) is 16.9 Å². The van der Waals surface area contributed by atoms with Crippen molar-refractivity contribution in [3.8, 4) is 6.07 Å². The van der Waals surface area contributed by atoms with Crippen molar-refractivity contribution in [3.63, 3.8) is 0 Å². The average Bonchev–Trinajstić information content (AvgIpc) is 3.09. The highest BCUT2D eigenvalue weighted by Gasteiger charge is 2.21. The summed E-state index contributed by atoms with van der Waals surface area (Å²) in [5.41, 5.74) is 3.93. The van der Waals surface area contributed by atoms with E-state index in [0.717, 1.165) is 11.3 Å². The molecule has 28 heavy (non-hydrogen) atoms. The van der Waals surface area contributed by atoms with Crippen molar-refractivity contribution < 1.29 is 4.79 Å². The van der Waals surface area contributed by atoms with Crippen LogP contribution in [0.25, 0.3) is 0 Å². The number of hydrogen-bond acceptors (Lipinski definition) is 6. The number of aromatic nitrogens is 1. The van der Waals surface area contributed by atoms with Gasteiger partial charge in [-0.3, -0.25) is 9.52 Å². The Labute approximate surface area is 177 Å². The molecule has 0 unspecified atom stereocenters.